The molecule has 3 N–H and O–H groups in total. The van der Waals surface area contributed by atoms with Crippen molar-refractivity contribution in [3.63, 3.8) is 0 Å². The van der Waals surface area contributed by atoms with Gasteiger partial charge in [0.2, 0.25) is 0 Å². The Labute approximate surface area is 88.9 Å². The second-order valence-corrected chi connectivity index (χ2v) is 3.10. The van der Waals surface area contributed by atoms with Crippen molar-refractivity contribution in [2.45, 2.75) is 19.4 Å². The van der Waals surface area contributed by atoms with Gasteiger partial charge in [-0.1, -0.05) is 12.1 Å². The fourth-order valence-corrected chi connectivity index (χ4v) is 1.32. The van der Waals surface area contributed by atoms with Gasteiger partial charge in [0.1, 0.15) is 0 Å². The van der Waals surface area contributed by atoms with Crippen LogP contribution in [0.5, 0.6) is 11.5 Å². The van der Waals surface area contributed by atoms with E-state index >= 15 is 0 Å². The molecular weight excluding hydrogens is 192 g/mol. The highest BCUT2D eigenvalue weighted by atomic mass is 16.5. The second-order valence-electron chi connectivity index (χ2n) is 3.10. The average Bonchev–Trinajstić information content (AvgIpc) is 2.22. The molecule has 1 atom stereocenters. The van der Waals surface area contributed by atoms with Crippen LogP contribution >= 0.6 is 0 Å². The van der Waals surface area contributed by atoms with Crippen molar-refractivity contribution in [3.8, 4) is 17.6 Å². The molecule has 1 aromatic rings. The topological polar surface area (TPSA) is 79.3 Å². The maximum Gasteiger partial charge on any atom is 0.162 e. The highest BCUT2D eigenvalue weighted by Crippen LogP contribution is 2.33. The molecule has 0 aliphatic heterocycles. The van der Waals surface area contributed by atoms with E-state index in [9.17, 15) is 5.11 Å². The Kier molecular flexibility index (Phi) is 3.95. The zero-order valence-corrected chi connectivity index (χ0v) is 8.60. The highest BCUT2D eigenvalue weighted by Gasteiger charge is 2.13. The maximum atomic E-state index is 9.80. The molecule has 0 saturated carbocycles. The van der Waals surface area contributed by atoms with E-state index in [1.165, 1.54) is 0 Å². The van der Waals surface area contributed by atoms with Crippen LogP contribution in [0, 0.1) is 11.3 Å². The van der Waals surface area contributed by atoms with Gasteiger partial charge in [0.25, 0.3) is 0 Å². The van der Waals surface area contributed by atoms with Crippen LogP contribution in [0.15, 0.2) is 18.2 Å². The highest BCUT2D eigenvalue weighted by molar-refractivity contribution is 5.47. The third kappa shape index (κ3) is 2.61. The van der Waals surface area contributed by atoms with Gasteiger partial charge in [0, 0.05) is 11.6 Å². The molecule has 0 spiro atoms. The fourth-order valence-electron chi connectivity index (χ4n) is 1.32. The minimum absolute atomic E-state index is 0.0297. The monoisotopic (exact) mass is 206 g/mol. The largest absolute Gasteiger partial charge is 0.504 e. The number of ether oxygens (including phenoxy) is 1. The lowest BCUT2D eigenvalue weighted by Gasteiger charge is -2.13. The summed E-state index contributed by atoms with van der Waals surface area (Å²) in [5.74, 6) is 0.436. The fraction of sp³-hybridized carbons (Fsp3) is 0.364. The molecule has 0 bridgehead atoms. The van der Waals surface area contributed by atoms with E-state index in [2.05, 4.69) is 0 Å². The zero-order valence-electron chi connectivity index (χ0n) is 8.60. The van der Waals surface area contributed by atoms with E-state index in [1.807, 2.05) is 13.0 Å². The Morgan fingerprint density at radius 1 is 1.60 bits per heavy atom. The van der Waals surface area contributed by atoms with Gasteiger partial charge in [-0.3, -0.25) is 0 Å². The molecule has 15 heavy (non-hydrogen) atoms. The molecule has 1 rings (SSSR count). The number of rotatable bonds is 4. The first kappa shape index (κ1) is 11.3. The van der Waals surface area contributed by atoms with E-state index in [-0.39, 0.29) is 12.2 Å². The van der Waals surface area contributed by atoms with Crippen molar-refractivity contribution in [2.75, 3.05) is 6.61 Å². The second kappa shape index (κ2) is 5.23. The van der Waals surface area contributed by atoms with Crippen LogP contribution in [0.2, 0.25) is 0 Å². The first-order chi connectivity index (χ1) is 7.20. The number of nitriles is 1. The van der Waals surface area contributed by atoms with Crippen molar-refractivity contribution >= 4 is 0 Å². The summed E-state index contributed by atoms with van der Waals surface area (Å²) in [6.45, 7) is 2.31. The number of nitrogens with zero attached hydrogens (tertiary/aromatic N) is 1. The molecule has 4 heteroatoms. The Morgan fingerprint density at radius 2 is 2.33 bits per heavy atom. The number of hydrogen-bond acceptors (Lipinski definition) is 4. The van der Waals surface area contributed by atoms with Crippen LogP contribution in [0.25, 0.3) is 0 Å². The molecule has 0 amide bonds. The molecule has 0 aliphatic rings. The number of benzene rings is 1. The lowest BCUT2D eigenvalue weighted by Crippen LogP contribution is -2.09. The van der Waals surface area contributed by atoms with Crippen LogP contribution < -0.4 is 10.5 Å². The molecule has 0 radical (unpaired) electrons. The first-order valence-corrected chi connectivity index (χ1v) is 4.77. The van der Waals surface area contributed by atoms with Gasteiger partial charge in [-0.05, 0) is 13.0 Å². The van der Waals surface area contributed by atoms with E-state index in [4.69, 9.17) is 15.7 Å². The summed E-state index contributed by atoms with van der Waals surface area (Å²) in [6.07, 6.45) is 0.170. The minimum Gasteiger partial charge on any atom is -0.504 e. The summed E-state index contributed by atoms with van der Waals surface area (Å²) in [6, 6.07) is 6.60. The molecule has 0 unspecified atom stereocenters. The molecule has 1 aromatic carbocycles. The standard InChI is InChI=1S/C11H14N2O2/c1-2-15-10-5-3-4-8(11(10)14)9(13)6-7-12/h3-5,9,14H,2,6,13H2,1H3/t9-/m0/s1. The lowest BCUT2D eigenvalue weighted by atomic mass is 10.0. The van der Waals surface area contributed by atoms with E-state index in [0.717, 1.165) is 0 Å². The summed E-state index contributed by atoms with van der Waals surface area (Å²) in [4.78, 5) is 0. The normalized spacial score (nSPS) is 11.8. The summed E-state index contributed by atoms with van der Waals surface area (Å²) in [5, 5.41) is 18.3. The van der Waals surface area contributed by atoms with Gasteiger partial charge >= 0.3 is 0 Å². The molecule has 0 aromatic heterocycles. The van der Waals surface area contributed by atoms with E-state index < -0.39 is 6.04 Å². The van der Waals surface area contributed by atoms with Crippen LogP contribution in [-0.2, 0) is 0 Å². The van der Waals surface area contributed by atoms with Crippen LogP contribution in [0.4, 0.5) is 0 Å². The number of aromatic hydroxyl groups is 1. The number of phenolic OH excluding ortho intramolecular Hbond substituents is 1. The summed E-state index contributed by atoms with van der Waals surface area (Å²) < 4.78 is 5.22. The van der Waals surface area contributed by atoms with Gasteiger partial charge in [-0.15, -0.1) is 0 Å². The van der Waals surface area contributed by atoms with Gasteiger partial charge in [-0.2, -0.15) is 5.26 Å². The third-order valence-electron chi connectivity index (χ3n) is 2.04. The molecule has 0 heterocycles. The van der Waals surface area contributed by atoms with Crippen LogP contribution in [0.1, 0.15) is 24.9 Å². The lowest BCUT2D eigenvalue weighted by molar-refractivity contribution is 0.316. The van der Waals surface area contributed by atoms with Gasteiger partial charge in [-0.25, -0.2) is 0 Å². The Morgan fingerprint density at radius 3 is 2.93 bits per heavy atom. The predicted molar refractivity (Wildman–Crippen MR) is 56.4 cm³/mol. The number of hydrogen-bond donors (Lipinski definition) is 2. The van der Waals surface area contributed by atoms with E-state index in [1.54, 1.807) is 18.2 Å². The number of para-hydroxylation sites is 1. The number of nitrogens with two attached hydrogens (primary N) is 1. The molecule has 0 aliphatic carbocycles. The Hall–Kier alpha value is -1.73. The van der Waals surface area contributed by atoms with Gasteiger partial charge < -0.3 is 15.6 Å². The van der Waals surface area contributed by atoms with Crippen molar-refractivity contribution in [3.05, 3.63) is 23.8 Å². The predicted octanol–water partition coefficient (Wildman–Crippen LogP) is 1.70. The van der Waals surface area contributed by atoms with Gasteiger partial charge in [0.15, 0.2) is 11.5 Å². The van der Waals surface area contributed by atoms with Crippen LogP contribution in [0.3, 0.4) is 0 Å². The molecule has 80 valence electrons. The number of phenols is 1. The van der Waals surface area contributed by atoms with Crippen molar-refractivity contribution in [1.29, 1.82) is 5.26 Å². The van der Waals surface area contributed by atoms with Crippen molar-refractivity contribution < 1.29 is 9.84 Å². The Balaban J connectivity index is 2.99. The van der Waals surface area contributed by atoms with Crippen molar-refractivity contribution in [2.24, 2.45) is 5.73 Å². The maximum absolute atomic E-state index is 9.80. The molecular formula is C11H14N2O2. The minimum atomic E-state index is -0.476. The molecule has 0 saturated heterocycles. The summed E-state index contributed by atoms with van der Waals surface area (Å²) in [5.41, 5.74) is 6.28. The van der Waals surface area contributed by atoms with Gasteiger partial charge in [0.05, 0.1) is 19.1 Å². The smallest absolute Gasteiger partial charge is 0.162 e. The third-order valence-corrected chi connectivity index (χ3v) is 2.04. The molecule has 0 fully saturated rings. The summed E-state index contributed by atoms with van der Waals surface area (Å²) in [7, 11) is 0. The summed E-state index contributed by atoms with van der Waals surface area (Å²) >= 11 is 0. The first-order valence-electron chi connectivity index (χ1n) is 4.77. The van der Waals surface area contributed by atoms with Crippen molar-refractivity contribution in [1.82, 2.24) is 0 Å². The average molecular weight is 206 g/mol. The SMILES string of the molecule is CCOc1cccc([C@@H](N)CC#N)c1O. The van der Waals surface area contributed by atoms with Crippen LogP contribution in [-0.4, -0.2) is 11.7 Å². The van der Waals surface area contributed by atoms with E-state index in [0.29, 0.717) is 17.9 Å². The molecule has 4 nitrogen and oxygen atoms in total. The quantitative estimate of drug-likeness (QED) is 0.785. The Bertz CT molecular complexity index is 371. The zero-order chi connectivity index (χ0) is 11.3.